The predicted octanol–water partition coefficient (Wildman–Crippen LogP) is 3.38. The summed E-state index contributed by atoms with van der Waals surface area (Å²) < 4.78 is 0. The summed E-state index contributed by atoms with van der Waals surface area (Å²) >= 11 is 0. The van der Waals surface area contributed by atoms with Gasteiger partial charge in [0, 0.05) is 25.8 Å². The standard InChI is InChI=1S/C16H27N3/c1-4-8-17-16-6-5-15(10-18-16)12-19-9-7-13(2)14(3)11-19/h5-6,10,13-14H,4,7-9,11-12H2,1-3H3,(H,17,18). The van der Waals surface area contributed by atoms with Crippen molar-refractivity contribution < 1.29 is 0 Å². The second kappa shape index (κ2) is 6.90. The van der Waals surface area contributed by atoms with Crippen LogP contribution >= 0.6 is 0 Å². The topological polar surface area (TPSA) is 28.2 Å². The van der Waals surface area contributed by atoms with Gasteiger partial charge < -0.3 is 5.32 Å². The average Bonchev–Trinajstić information content (AvgIpc) is 2.42. The number of hydrogen-bond acceptors (Lipinski definition) is 3. The van der Waals surface area contributed by atoms with Crippen LogP contribution in [0.15, 0.2) is 18.3 Å². The molecule has 0 aromatic carbocycles. The number of rotatable bonds is 5. The van der Waals surface area contributed by atoms with E-state index < -0.39 is 0 Å². The highest BCUT2D eigenvalue weighted by Gasteiger charge is 2.22. The van der Waals surface area contributed by atoms with Gasteiger partial charge in [0.15, 0.2) is 0 Å². The SMILES string of the molecule is CCCNc1ccc(CN2CCC(C)C(C)C2)cn1. The second-order valence-electron chi connectivity index (χ2n) is 5.96. The zero-order valence-electron chi connectivity index (χ0n) is 12.5. The van der Waals surface area contributed by atoms with Gasteiger partial charge in [0.25, 0.3) is 0 Å². The highest BCUT2D eigenvalue weighted by atomic mass is 15.1. The van der Waals surface area contributed by atoms with E-state index >= 15 is 0 Å². The zero-order chi connectivity index (χ0) is 13.7. The Morgan fingerprint density at radius 2 is 2.16 bits per heavy atom. The second-order valence-corrected chi connectivity index (χ2v) is 5.96. The summed E-state index contributed by atoms with van der Waals surface area (Å²) in [5.41, 5.74) is 1.32. The number of hydrogen-bond donors (Lipinski definition) is 1. The van der Waals surface area contributed by atoms with Crippen molar-refractivity contribution in [3.05, 3.63) is 23.9 Å². The predicted molar refractivity (Wildman–Crippen MR) is 81.2 cm³/mol. The van der Waals surface area contributed by atoms with Crippen LogP contribution in [-0.4, -0.2) is 29.5 Å². The molecule has 1 fully saturated rings. The van der Waals surface area contributed by atoms with Crippen molar-refractivity contribution in [1.82, 2.24) is 9.88 Å². The molecule has 1 aliphatic rings. The van der Waals surface area contributed by atoms with E-state index in [9.17, 15) is 0 Å². The van der Waals surface area contributed by atoms with Crippen molar-refractivity contribution in [2.24, 2.45) is 11.8 Å². The van der Waals surface area contributed by atoms with Gasteiger partial charge in [-0.2, -0.15) is 0 Å². The summed E-state index contributed by atoms with van der Waals surface area (Å²) in [6, 6.07) is 4.30. The Hall–Kier alpha value is -1.09. The lowest BCUT2D eigenvalue weighted by Gasteiger charge is -2.35. The minimum Gasteiger partial charge on any atom is -0.370 e. The summed E-state index contributed by atoms with van der Waals surface area (Å²) in [6.07, 6.45) is 4.47. The van der Waals surface area contributed by atoms with Gasteiger partial charge in [-0.1, -0.05) is 26.8 Å². The number of pyridine rings is 1. The summed E-state index contributed by atoms with van der Waals surface area (Å²) in [4.78, 5) is 7.03. The first-order valence-corrected chi connectivity index (χ1v) is 7.60. The molecule has 3 nitrogen and oxygen atoms in total. The van der Waals surface area contributed by atoms with Crippen molar-refractivity contribution >= 4 is 5.82 Å². The molecule has 3 heteroatoms. The van der Waals surface area contributed by atoms with E-state index in [4.69, 9.17) is 0 Å². The fourth-order valence-electron chi connectivity index (χ4n) is 2.63. The van der Waals surface area contributed by atoms with Crippen molar-refractivity contribution in [3.63, 3.8) is 0 Å². The third-order valence-corrected chi connectivity index (χ3v) is 4.21. The molecule has 2 heterocycles. The fraction of sp³-hybridized carbons (Fsp3) is 0.688. The van der Waals surface area contributed by atoms with Gasteiger partial charge >= 0.3 is 0 Å². The first-order chi connectivity index (χ1) is 9.19. The maximum Gasteiger partial charge on any atom is 0.125 e. The molecule has 0 bridgehead atoms. The zero-order valence-corrected chi connectivity index (χ0v) is 12.5. The number of nitrogens with zero attached hydrogens (tertiary/aromatic N) is 2. The fourth-order valence-corrected chi connectivity index (χ4v) is 2.63. The number of likely N-dealkylation sites (tertiary alicyclic amines) is 1. The third kappa shape index (κ3) is 4.20. The van der Waals surface area contributed by atoms with E-state index in [0.717, 1.165) is 37.2 Å². The van der Waals surface area contributed by atoms with Gasteiger partial charge in [-0.05, 0) is 42.9 Å². The van der Waals surface area contributed by atoms with Crippen LogP contribution in [0.5, 0.6) is 0 Å². The molecule has 0 amide bonds. The largest absolute Gasteiger partial charge is 0.370 e. The Kier molecular flexibility index (Phi) is 5.20. The van der Waals surface area contributed by atoms with Crippen LogP contribution < -0.4 is 5.32 Å². The number of aromatic nitrogens is 1. The van der Waals surface area contributed by atoms with Crippen LogP contribution in [0, 0.1) is 11.8 Å². The lowest BCUT2D eigenvalue weighted by Crippen LogP contribution is -2.37. The van der Waals surface area contributed by atoms with E-state index in [-0.39, 0.29) is 0 Å². The normalized spacial score (nSPS) is 24.4. The number of anilines is 1. The minimum atomic E-state index is 0.812. The maximum absolute atomic E-state index is 4.48. The first-order valence-electron chi connectivity index (χ1n) is 7.60. The molecule has 19 heavy (non-hydrogen) atoms. The van der Waals surface area contributed by atoms with Gasteiger partial charge in [0.1, 0.15) is 5.82 Å². The molecule has 2 rings (SSSR count). The summed E-state index contributed by atoms with van der Waals surface area (Å²) in [5, 5.41) is 3.31. The molecule has 2 unspecified atom stereocenters. The summed E-state index contributed by atoms with van der Waals surface area (Å²) in [5.74, 6) is 2.67. The monoisotopic (exact) mass is 261 g/mol. The Bertz CT molecular complexity index is 374. The van der Waals surface area contributed by atoms with Crippen molar-refractivity contribution in [2.45, 2.75) is 40.2 Å². The molecule has 0 aliphatic carbocycles. The quantitative estimate of drug-likeness (QED) is 0.880. The molecule has 1 saturated heterocycles. The lowest BCUT2D eigenvalue weighted by molar-refractivity contribution is 0.132. The summed E-state index contributed by atoms with van der Waals surface area (Å²) in [7, 11) is 0. The van der Waals surface area contributed by atoms with Crippen LogP contribution in [0.3, 0.4) is 0 Å². The van der Waals surface area contributed by atoms with Gasteiger partial charge in [-0.25, -0.2) is 4.98 Å². The smallest absolute Gasteiger partial charge is 0.125 e. The van der Waals surface area contributed by atoms with E-state index in [0.29, 0.717) is 0 Å². The number of nitrogens with one attached hydrogen (secondary N) is 1. The molecule has 106 valence electrons. The van der Waals surface area contributed by atoms with Crippen LogP contribution in [0.1, 0.15) is 39.2 Å². The van der Waals surface area contributed by atoms with Crippen LogP contribution in [0.4, 0.5) is 5.82 Å². The van der Waals surface area contributed by atoms with Crippen LogP contribution in [-0.2, 0) is 6.54 Å². The van der Waals surface area contributed by atoms with E-state index in [2.05, 4.69) is 48.1 Å². The molecular formula is C16H27N3. The van der Waals surface area contributed by atoms with Gasteiger partial charge in [0.2, 0.25) is 0 Å². The van der Waals surface area contributed by atoms with Gasteiger partial charge in [-0.15, -0.1) is 0 Å². The molecule has 1 aliphatic heterocycles. The third-order valence-electron chi connectivity index (χ3n) is 4.21. The van der Waals surface area contributed by atoms with E-state index in [1.165, 1.54) is 25.1 Å². The van der Waals surface area contributed by atoms with Gasteiger partial charge in [-0.3, -0.25) is 4.90 Å². The Morgan fingerprint density at radius 3 is 2.79 bits per heavy atom. The molecular weight excluding hydrogens is 234 g/mol. The molecule has 1 aromatic heterocycles. The average molecular weight is 261 g/mol. The minimum absolute atomic E-state index is 0.812. The van der Waals surface area contributed by atoms with E-state index in [1.54, 1.807) is 0 Å². The van der Waals surface area contributed by atoms with Crippen molar-refractivity contribution in [3.8, 4) is 0 Å². The van der Waals surface area contributed by atoms with Crippen LogP contribution in [0.25, 0.3) is 0 Å². The Labute approximate surface area is 117 Å². The molecule has 0 radical (unpaired) electrons. The highest BCUT2D eigenvalue weighted by Crippen LogP contribution is 2.23. The molecule has 0 spiro atoms. The summed E-state index contributed by atoms with van der Waals surface area (Å²) in [6.45, 7) is 11.4. The Morgan fingerprint density at radius 1 is 1.32 bits per heavy atom. The van der Waals surface area contributed by atoms with Crippen molar-refractivity contribution in [1.29, 1.82) is 0 Å². The van der Waals surface area contributed by atoms with Crippen molar-refractivity contribution in [2.75, 3.05) is 25.0 Å². The molecule has 0 saturated carbocycles. The van der Waals surface area contributed by atoms with Gasteiger partial charge in [0.05, 0.1) is 0 Å². The highest BCUT2D eigenvalue weighted by molar-refractivity contribution is 5.35. The number of piperidine rings is 1. The molecule has 1 N–H and O–H groups in total. The first kappa shape index (κ1) is 14.3. The van der Waals surface area contributed by atoms with Crippen LogP contribution in [0.2, 0.25) is 0 Å². The van der Waals surface area contributed by atoms with E-state index in [1.807, 2.05) is 6.20 Å². The maximum atomic E-state index is 4.48. The molecule has 2 atom stereocenters. The lowest BCUT2D eigenvalue weighted by atomic mass is 9.88. The molecule has 1 aromatic rings. The Balaban J connectivity index is 1.85.